The molecule has 10 heteroatoms. The SMILES string of the molecule is CCOC(=O)O[C@](Cc1ccc(OC(=O)C(C)(C)CC)c(OC(=O)C(C)(C)CC)c1)(NC(C)C)C(=O)O. The fourth-order valence-corrected chi connectivity index (χ4v) is 2.93. The topological polar surface area (TPSA) is 137 Å². The molecular weight excluding hydrogens is 482 g/mol. The predicted molar refractivity (Wildman–Crippen MR) is 136 cm³/mol. The Hall–Kier alpha value is -3.14. The lowest BCUT2D eigenvalue weighted by Gasteiger charge is -2.32. The summed E-state index contributed by atoms with van der Waals surface area (Å²) < 4.78 is 21.3. The number of hydrogen-bond acceptors (Lipinski definition) is 9. The van der Waals surface area contributed by atoms with Gasteiger partial charge < -0.3 is 24.1 Å². The second-order valence-electron chi connectivity index (χ2n) is 10.4. The van der Waals surface area contributed by atoms with Crippen LogP contribution in [0.3, 0.4) is 0 Å². The van der Waals surface area contributed by atoms with Gasteiger partial charge in [0.2, 0.25) is 0 Å². The number of aliphatic carboxylic acids is 1. The minimum absolute atomic E-state index is 0.00228. The zero-order valence-electron chi connectivity index (χ0n) is 23.4. The summed E-state index contributed by atoms with van der Waals surface area (Å²) in [6, 6.07) is 3.95. The Morgan fingerprint density at radius 1 is 0.892 bits per heavy atom. The number of benzene rings is 1. The van der Waals surface area contributed by atoms with Crippen molar-refractivity contribution < 1.29 is 43.2 Å². The van der Waals surface area contributed by atoms with Gasteiger partial charge in [0, 0.05) is 12.5 Å². The van der Waals surface area contributed by atoms with Gasteiger partial charge in [0.25, 0.3) is 5.72 Å². The van der Waals surface area contributed by atoms with Gasteiger partial charge in [-0.25, -0.2) is 9.59 Å². The normalized spacial score (nSPS) is 13.5. The summed E-state index contributed by atoms with van der Waals surface area (Å²) in [6.45, 7) is 15.6. The van der Waals surface area contributed by atoms with E-state index in [2.05, 4.69) is 5.32 Å². The molecule has 1 aromatic rings. The van der Waals surface area contributed by atoms with E-state index in [1.807, 2.05) is 13.8 Å². The van der Waals surface area contributed by atoms with Gasteiger partial charge in [0.05, 0.1) is 17.4 Å². The Labute approximate surface area is 219 Å². The average Bonchev–Trinajstić information content (AvgIpc) is 2.79. The molecule has 1 rings (SSSR count). The van der Waals surface area contributed by atoms with Crippen LogP contribution >= 0.6 is 0 Å². The van der Waals surface area contributed by atoms with Crippen molar-refractivity contribution >= 4 is 24.1 Å². The van der Waals surface area contributed by atoms with Crippen LogP contribution in [-0.2, 0) is 30.3 Å². The Morgan fingerprint density at radius 2 is 1.41 bits per heavy atom. The predicted octanol–water partition coefficient (Wildman–Crippen LogP) is 4.86. The molecule has 0 bridgehead atoms. The standard InChI is InChI=1S/C27H41NO9/c1-10-25(6,7)22(31)35-19-14-13-18(15-20(19)36-23(32)26(8,9)11-2)16-27(21(29)30,28-17(4)5)37-24(33)34-12-3/h13-15,17,28H,10-12,16H2,1-9H3,(H,29,30)/t27-/m0/s1. The van der Waals surface area contributed by atoms with Crippen molar-refractivity contribution in [1.82, 2.24) is 5.32 Å². The first-order valence-electron chi connectivity index (χ1n) is 12.5. The lowest BCUT2D eigenvalue weighted by Crippen LogP contribution is -2.59. The minimum Gasteiger partial charge on any atom is -0.477 e. The molecule has 0 aromatic heterocycles. The number of carbonyl (C=O) groups is 4. The van der Waals surface area contributed by atoms with Crippen molar-refractivity contribution in [1.29, 1.82) is 0 Å². The van der Waals surface area contributed by atoms with Crippen molar-refractivity contribution in [2.45, 2.75) is 93.3 Å². The number of rotatable bonds is 13. The fraction of sp³-hybridized carbons (Fsp3) is 0.630. The average molecular weight is 524 g/mol. The van der Waals surface area contributed by atoms with Crippen molar-refractivity contribution in [3.63, 3.8) is 0 Å². The van der Waals surface area contributed by atoms with Gasteiger partial charge in [0.15, 0.2) is 11.5 Å². The number of hydrogen-bond donors (Lipinski definition) is 2. The van der Waals surface area contributed by atoms with Crippen LogP contribution in [0.15, 0.2) is 18.2 Å². The molecule has 1 aromatic carbocycles. The maximum absolute atomic E-state index is 12.9. The summed E-state index contributed by atoms with van der Waals surface area (Å²) in [5.74, 6) is -2.54. The van der Waals surface area contributed by atoms with Crippen LogP contribution in [0.5, 0.6) is 11.5 Å². The number of carboxylic acids is 1. The van der Waals surface area contributed by atoms with Gasteiger partial charge in [-0.2, -0.15) is 0 Å². The highest BCUT2D eigenvalue weighted by atomic mass is 16.7. The van der Waals surface area contributed by atoms with Crippen LogP contribution < -0.4 is 14.8 Å². The summed E-state index contributed by atoms with van der Waals surface area (Å²) in [5.41, 5.74) is -3.44. The number of carbonyl (C=O) groups excluding carboxylic acids is 3. The van der Waals surface area contributed by atoms with E-state index in [9.17, 15) is 24.3 Å². The summed E-state index contributed by atoms with van der Waals surface area (Å²) in [7, 11) is 0. The first-order chi connectivity index (χ1) is 17.0. The smallest absolute Gasteiger partial charge is 0.477 e. The molecule has 0 aliphatic heterocycles. The quantitative estimate of drug-likeness (QED) is 0.209. The second-order valence-corrected chi connectivity index (χ2v) is 10.4. The molecule has 2 N–H and O–H groups in total. The number of nitrogens with one attached hydrogen (secondary N) is 1. The second kappa shape index (κ2) is 12.9. The van der Waals surface area contributed by atoms with Crippen LogP contribution in [0.1, 0.15) is 80.7 Å². The van der Waals surface area contributed by atoms with Crippen LogP contribution in [0.4, 0.5) is 4.79 Å². The highest BCUT2D eigenvalue weighted by molar-refractivity contribution is 5.82. The van der Waals surface area contributed by atoms with Crippen molar-refractivity contribution in [3.8, 4) is 11.5 Å². The van der Waals surface area contributed by atoms with Gasteiger partial charge in [-0.1, -0.05) is 19.9 Å². The Bertz CT molecular complexity index is 984. The summed E-state index contributed by atoms with van der Waals surface area (Å²) in [6.07, 6.45) is -0.468. The Kier molecular flexibility index (Phi) is 11.1. The van der Waals surface area contributed by atoms with Gasteiger partial charge in [-0.3, -0.25) is 14.9 Å². The molecule has 10 nitrogen and oxygen atoms in total. The maximum atomic E-state index is 12.9. The molecule has 0 saturated heterocycles. The fourth-order valence-electron chi connectivity index (χ4n) is 2.93. The highest BCUT2D eigenvalue weighted by Gasteiger charge is 2.44. The van der Waals surface area contributed by atoms with E-state index in [1.165, 1.54) is 18.2 Å². The molecule has 0 spiro atoms. The molecule has 0 heterocycles. The minimum atomic E-state index is -2.17. The molecule has 0 radical (unpaired) electrons. The summed E-state index contributed by atoms with van der Waals surface area (Å²) >= 11 is 0. The first kappa shape index (κ1) is 31.9. The third-order valence-corrected chi connectivity index (χ3v) is 6.13. The maximum Gasteiger partial charge on any atom is 0.510 e. The van der Waals surface area contributed by atoms with Gasteiger partial charge >= 0.3 is 24.1 Å². The Morgan fingerprint density at radius 3 is 1.84 bits per heavy atom. The zero-order chi connectivity index (χ0) is 28.6. The molecule has 0 saturated carbocycles. The molecule has 1 atom stereocenters. The van der Waals surface area contributed by atoms with Crippen molar-refractivity contribution in [2.75, 3.05) is 6.61 Å². The molecule has 0 aliphatic rings. The van der Waals surface area contributed by atoms with E-state index in [4.69, 9.17) is 18.9 Å². The van der Waals surface area contributed by atoms with Gasteiger partial charge in [-0.15, -0.1) is 0 Å². The number of carboxylic acid groups (broad SMARTS) is 1. The van der Waals surface area contributed by atoms with Crippen molar-refractivity contribution in [3.05, 3.63) is 23.8 Å². The van der Waals surface area contributed by atoms with Crippen LogP contribution in [0, 0.1) is 10.8 Å². The van der Waals surface area contributed by atoms with E-state index in [0.717, 1.165) is 0 Å². The summed E-state index contributed by atoms with van der Waals surface area (Å²) in [4.78, 5) is 50.1. The largest absolute Gasteiger partial charge is 0.510 e. The molecule has 0 fully saturated rings. The van der Waals surface area contributed by atoms with E-state index in [1.54, 1.807) is 48.5 Å². The third-order valence-electron chi connectivity index (χ3n) is 6.13. The first-order valence-corrected chi connectivity index (χ1v) is 12.5. The molecule has 0 aliphatic carbocycles. The molecule has 37 heavy (non-hydrogen) atoms. The van der Waals surface area contributed by atoms with E-state index in [-0.39, 0.29) is 30.6 Å². The number of ether oxygens (including phenoxy) is 4. The van der Waals surface area contributed by atoms with E-state index >= 15 is 0 Å². The third kappa shape index (κ3) is 8.73. The number of esters is 2. The summed E-state index contributed by atoms with van der Waals surface area (Å²) in [5, 5.41) is 12.8. The van der Waals surface area contributed by atoms with Crippen LogP contribution in [0.2, 0.25) is 0 Å². The van der Waals surface area contributed by atoms with Crippen molar-refractivity contribution in [2.24, 2.45) is 10.8 Å². The Balaban J connectivity index is 3.56. The lowest BCUT2D eigenvalue weighted by atomic mass is 9.90. The highest BCUT2D eigenvalue weighted by Crippen LogP contribution is 2.35. The van der Waals surface area contributed by atoms with Crippen LogP contribution in [0.25, 0.3) is 0 Å². The molecule has 0 unspecified atom stereocenters. The molecule has 0 amide bonds. The van der Waals surface area contributed by atoms with Crippen LogP contribution in [-0.4, -0.2) is 47.5 Å². The molecule has 208 valence electrons. The molecular formula is C27H41NO9. The van der Waals surface area contributed by atoms with E-state index in [0.29, 0.717) is 18.4 Å². The zero-order valence-corrected chi connectivity index (χ0v) is 23.4. The van der Waals surface area contributed by atoms with Gasteiger partial charge in [0.1, 0.15) is 0 Å². The lowest BCUT2D eigenvalue weighted by molar-refractivity contribution is -0.166. The monoisotopic (exact) mass is 523 g/mol. The van der Waals surface area contributed by atoms with Gasteiger partial charge in [-0.05, 0) is 79.0 Å². The van der Waals surface area contributed by atoms with E-state index < -0.39 is 40.6 Å².